The van der Waals surface area contributed by atoms with E-state index in [4.69, 9.17) is 6.42 Å². The van der Waals surface area contributed by atoms with Gasteiger partial charge in [0.25, 0.3) is 0 Å². The lowest BCUT2D eigenvalue weighted by Gasteiger charge is -2.19. The Morgan fingerprint density at radius 1 is 0.769 bits per heavy atom. The Morgan fingerprint density at radius 3 is 1.35 bits per heavy atom. The van der Waals surface area contributed by atoms with Crippen molar-refractivity contribution in [1.29, 1.82) is 0 Å². The lowest BCUT2D eigenvalue weighted by Crippen LogP contribution is -2.13. The second-order valence-corrected chi connectivity index (χ2v) is 8.93. The van der Waals surface area contributed by atoms with E-state index in [2.05, 4.69) is 5.92 Å². The highest BCUT2D eigenvalue weighted by atomic mass is 31.1. The molecule has 0 radical (unpaired) electrons. The van der Waals surface area contributed by atoms with Crippen LogP contribution in [0.2, 0.25) is 0 Å². The van der Waals surface area contributed by atoms with Gasteiger partial charge in [0.2, 0.25) is 0 Å². The van der Waals surface area contributed by atoms with Crippen molar-refractivity contribution < 1.29 is 9.59 Å². The molecule has 0 aromatic heterocycles. The fourth-order valence-electron chi connectivity index (χ4n) is 3.63. The number of hydrogen-bond donors (Lipinski definition) is 0. The number of rotatable bonds is 5. The largest absolute Gasteiger partial charge is 0.288 e. The summed E-state index contributed by atoms with van der Waals surface area (Å²) in [5, 5.41) is 0. The number of carbonyl (C=O) groups excluding carboxylic acids is 2. The van der Waals surface area contributed by atoms with E-state index in [1.165, 1.54) is 0 Å². The maximum absolute atomic E-state index is 13.3. The molecule has 0 spiro atoms. The van der Waals surface area contributed by atoms with Crippen molar-refractivity contribution in [2.24, 2.45) is 0 Å². The van der Waals surface area contributed by atoms with Gasteiger partial charge >= 0.3 is 0 Å². The number of benzene rings is 2. The van der Waals surface area contributed by atoms with Crippen LogP contribution in [0.1, 0.15) is 54.1 Å². The van der Waals surface area contributed by atoms with E-state index in [-0.39, 0.29) is 17.2 Å². The Bertz CT molecular complexity index is 816. The molecule has 0 atom stereocenters. The number of carbonyl (C=O) groups is 2. The summed E-state index contributed by atoms with van der Waals surface area (Å²) in [6.07, 6.45) is 5.70. The van der Waals surface area contributed by atoms with E-state index in [9.17, 15) is 9.59 Å². The molecule has 0 amide bonds. The maximum Gasteiger partial charge on any atom is 0.193 e. The highest BCUT2D eigenvalue weighted by molar-refractivity contribution is 7.90. The molecule has 3 heteroatoms. The fourth-order valence-corrected chi connectivity index (χ4v) is 5.53. The van der Waals surface area contributed by atoms with Crippen molar-refractivity contribution in [2.75, 3.05) is 6.16 Å². The average Bonchev–Trinajstić information content (AvgIpc) is 2.50. The monoisotopic (exact) mass is 364 g/mol. The molecule has 2 rings (SSSR count). The lowest BCUT2D eigenvalue weighted by atomic mass is 10.0. The van der Waals surface area contributed by atoms with E-state index in [1.54, 1.807) is 0 Å². The van der Waals surface area contributed by atoms with Crippen LogP contribution < -0.4 is 0 Å². The topological polar surface area (TPSA) is 34.1 Å². The van der Waals surface area contributed by atoms with Crippen molar-refractivity contribution in [3.63, 3.8) is 0 Å². The molecule has 0 aliphatic heterocycles. The quantitative estimate of drug-likeness (QED) is 0.509. The third-order valence-electron chi connectivity index (χ3n) is 4.52. The number of aryl methyl sites for hydroxylation is 6. The molecule has 0 aliphatic carbocycles. The van der Waals surface area contributed by atoms with Gasteiger partial charge < -0.3 is 0 Å². The van der Waals surface area contributed by atoms with E-state index in [0.29, 0.717) is 11.1 Å². The van der Waals surface area contributed by atoms with Crippen molar-refractivity contribution in [3.8, 4) is 12.3 Å². The first-order valence-electron chi connectivity index (χ1n) is 8.62. The van der Waals surface area contributed by atoms with E-state index < -0.39 is 7.92 Å². The van der Waals surface area contributed by atoms with Crippen LogP contribution in [0.25, 0.3) is 0 Å². The third kappa shape index (κ3) is 3.95. The van der Waals surface area contributed by atoms with E-state index in [0.717, 1.165) is 33.4 Å². The molecule has 2 nitrogen and oxygen atoms in total. The van der Waals surface area contributed by atoms with Gasteiger partial charge in [0.15, 0.2) is 11.0 Å². The highest BCUT2D eigenvalue weighted by Gasteiger charge is 2.31. The van der Waals surface area contributed by atoms with Gasteiger partial charge in [-0.2, -0.15) is 0 Å². The Morgan fingerprint density at radius 2 is 1.08 bits per heavy atom. The standard InChI is InChI=1S/C23H25O2P/c1-8-9-26(22(24)20-16(4)10-14(2)11-17(20)5)23(25)21-18(6)12-15(3)13-19(21)7/h1,10-13H,9H2,2-7H3. The fraction of sp³-hybridized carbons (Fsp3) is 0.304. The molecule has 0 N–H and O–H groups in total. The minimum Gasteiger partial charge on any atom is -0.288 e. The molecule has 2 aromatic carbocycles. The molecule has 0 heterocycles. The van der Waals surface area contributed by atoms with Gasteiger partial charge in [-0.1, -0.05) is 35.4 Å². The van der Waals surface area contributed by atoms with Crippen LogP contribution in [0, 0.1) is 53.9 Å². The number of hydrogen-bond acceptors (Lipinski definition) is 2. The Balaban J connectivity index is 2.55. The van der Waals surface area contributed by atoms with Gasteiger partial charge in [-0.3, -0.25) is 9.59 Å². The molecular weight excluding hydrogens is 339 g/mol. The average molecular weight is 364 g/mol. The van der Waals surface area contributed by atoms with Crippen molar-refractivity contribution in [2.45, 2.75) is 41.5 Å². The van der Waals surface area contributed by atoms with Crippen LogP contribution in [0.4, 0.5) is 0 Å². The minimum absolute atomic E-state index is 0.114. The smallest absolute Gasteiger partial charge is 0.193 e. The molecule has 0 bridgehead atoms. The van der Waals surface area contributed by atoms with Gasteiger partial charge in [-0.15, -0.1) is 12.3 Å². The van der Waals surface area contributed by atoms with Gasteiger partial charge in [-0.05, 0) is 63.8 Å². The van der Waals surface area contributed by atoms with Crippen molar-refractivity contribution >= 4 is 19.0 Å². The summed E-state index contributed by atoms with van der Waals surface area (Å²) in [5.41, 5.74) is 6.90. The summed E-state index contributed by atoms with van der Waals surface area (Å²) < 4.78 is 0. The molecule has 2 aromatic rings. The second-order valence-electron chi connectivity index (χ2n) is 6.95. The van der Waals surface area contributed by atoms with Gasteiger partial charge in [0.1, 0.15) is 0 Å². The molecule has 0 fully saturated rings. The summed E-state index contributed by atoms with van der Waals surface area (Å²) in [4.78, 5) is 26.6. The van der Waals surface area contributed by atoms with Crippen molar-refractivity contribution in [1.82, 2.24) is 0 Å². The van der Waals surface area contributed by atoms with E-state index >= 15 is 0 Å². The predicted molar refractivity (Wildman–Crippen MR) is 111 cm³/mol. The van der Waals surface area contributed by atoms with Crippen LogP contribution in [-0.4, -0.2) is 17.2 Å². The zero-order chi connectivity index (χ0) is 19.6. The molecular formula is C23H25O2P. The third-order valence-corrected chi connectivity index (χ3v) is 6.45. The summed E-state index contributed by atoms with van der Waals surface area (Å²) in [5.74, 6) is 2.56. The molecule has 26 heavy (non-hydrogen) atoms. The van der Waals surface area contributed by atoms with Gasteiger partial charge in [0, 0.05) is 17.3 Å². The highest BCUT2D eigenvalue weighted by Crippen LogP contribution is 2.45. The summed E-state index contributed by atoms with van der Waals surface area (Å²) >= 11 is 0. The zero-order valence-electron chi connectivity index (χ0n) is 16.4. The first-order chi connectivity index (χ1) is 12.2. The minimum atomic E-state index is -1.63. The normalized spacial score (nSPS) is 10.7. The summed E-state index contributed by atoms with van der Waals surface area (Å²) in [7, 11) is -1.63. The van der Waals surface area contributed by atoms with Gasteiger partial charge in [-0.25, -0.2) is 0 Å². The molecule has 134 valence electrons. The molecule has 0 unspecified atom stereocenters. The second kappa shape index (κ2) is 7.98. The number of terminal acetylenes is 1. The maximum atomic E-state index is 13.3. The van der Waals surface area contributed by atoms with Crippen LogP contribution in [0.5, 0.6) is 0 Å². The summed E-state index contributed by atoms with van der Waals surface area (Å²) in [6.45, 7) is 11.7. The Hall–Kier alpha value is -2.23. The lowest BCUT2D eigenvalue weighted by molar-refractivity contribution is 0.105. The van der Waals surface area contributed by atoms with Crippen LogP contribution >= 0.6 is 7.92 Å². The first-order valence-corrected chi connectivity index (χ1v) is 10.2. The van der Waals surface area contributed by atoms with Crippen molar-refractivity contribution in [3.05, 3.63) is 68.8 Å². The zero-order valence-corrected chi connectivity index (χ0v) is 17.3. The molecule has 0 aliphatic rings. The van der Waals surface area contributed by atoms with Crippen LogP contribution in [0.3, 0.4) is 0 Å². The van der Waals surface area contributed by atoms with Gasteiger partial charge in [0.05, 0.1) is 7.92 Å². The Kier molecular flexibility index (Phi) is 6.17. The van der Waals surface area contributed by atoms with Crippen LogP contribution in [0.15, 0.2) is 24.3 Å². The van der Waals surface area contributed by atoms with E-state index in [1.807, 2.05) is 65.8 Å². The SMILES string of the molecule is C#CCP(C(=O)c1c(C)cc(C)cc1C)C(=O)c1c(C)cc(C)cc1C. The predicted octanol–water partition coefficient (Wildman–Crippen LogP) is 5.63. The summed E-state index contributed by atoms with van der Waals surface area (Å²) in [6, 6.07) is 7.93. The first kappa shape index (κ1) is 20.1. The molecule has 0 saturated carbocycles. The Labute approximate surface area is 157 Å². The van der Waals surface area contributed by atoms with Crippen LogP contribution in [-0.2, 0) is 0 Å². The molecule has 0 saturated heterocycles.